The molecule has 0 radical (unpaired) electrons. The van der Waals surface area contributed by atoms with Crippen molar-refractivity contribution in [1.82, 2.24) is 4.90 Å². The smallest absolute Gasteiger partial charge is 0.311 e. The van der Waals surface area contributed by atoms with E-state index in [0.717, 1.165) is 12.8 Å². The summed E-state index contributed by atoms with van der Waals surface area (Å²) in [5, 5.41) is 20.5. The number of carboxylic acids is 1. The number of nitro groups is 1. The van der Waals surface area contributed by atoms with Crippen molar-refractivity contribution >= 4 is 17.6 Å². The zero-order chi connectivity index (χ0) is 16.8. The quantitative estimate of drug-likeness (QED) is 0.680. The third-order valence-electron chi connectivity index (χ3n) is 5.10. The fourth-order valence-corrected chi connectivity index (χ4v) is 3.97. The minimum Gasteiger partial charge on any atom is -0.481 e. The summed E-state index contributed by atoms with van der Waals surface area (Å²) < 4.78 is 0. The third-order valence-corrected chi connectivity index (χ3v) is 5.10. The maximum Gasteiger partial charge on any atom is 0.311 e. The highest BCUT2D eigenvalue weighted by Crippen LogP contribution is 2.49. The third kappa shape index (κ3) is 2.46. The summed E-state index contributed by atoms with van der Waals surface area (Å²) >= 11 is 0. The predicted molar refractivity (Wildman–Crippen MR) is 81.1 cm³/mol. The van der Waals surface area contributed by atoms with Crippen molar-refractivity contribution in [2.24, 2.45) is 11.3 Å². The van der Waals surface area contributed by atoms with Gasteiger partial charge in [-0.05, 0) is 37.3 Å². The van der Waals surface area contributed by atoms with Crippen molar-refractivity contribution in [3.8, 4) is 0 Å². The van der Waals surface area contributed by atoms with Gasteiger partial charge in [0.25, 0.3) is 11.6 Å². The molecule has 0 unspecified atom stereocenters. The first-order chi connectivity index (χ1) is 10.8. The number of non-ortho nitro benzene ring substituents is 1. The second-order valence-electron chi connectivity index (χ2n) is 6.55. The van der Waals surface area contributed by atoms with E-state index < -0.39 is 16.3 Å². The lowest BCUT2D eigenvalue weighted by Crippen LogP contribution is -2.37. The van der Waals surface area contributed by atoms with Crippen molar-refractivity contribution in [2.75, 3.05) is 13.1 Å². The molecule has 1 aliphatic heterocycles. The van der Waals surface area contributed by atoms with E-state index in [1.807, 2.05) is 0 Å². The molecule has 1 aliphatic carbocycles. The van der Waals surface area contributed by atoms with Crippen LogP contribution in [0.2, 0.25) is 0 Å². The summed E-state index contributed by atoms with van der Waals surface area (Å²) in [6.45, 7) is 2.29. The lowest BCUT2D eigenvalue weighted by Gasteiger charge is -2.23. The van der Waals surface area contributed by atoms with Gasteiger partial charge in [0.1, 0.15) is 0 Å². The zero-order valence-corrected chi connectivity index (χ0v) is 12.8. The van der Waals surface area contributed by atoms with Crippen LogP contribution in [0.4, 0.5) is 5.69 Å². The second kappa shape index (κ2) is 5.33. The largest absolute Gasteiger partial charge is 0.481 e. The summed E-state index contributed by atoms with van der Waals surface area (Å²) in [6, 6.07) is 4.28. The summed E-state index contributed by atoms with van der Waals surface area (Å²) in [6.07, 6.45) is 2.27. The number of amides is 1. The van der Waals surface area contributed by atoms with Crippen molar-refractivity contribution in [3.63, 3.8) is 0 Å². The van der Waals surface area contributed by atoms with Gasteiger partial charge < -0.3 is 10.0 Å². The average molecular weight is 318 g/mol. The molecule has 0 spiro atoms. The minimum absolute atomic E-state index is 0.0243. The van der Waals surface area contributed by atoms with Gasteiger partial charge >= 0.3 is 5.97 Å². The number of carbonyl (C=O) groups is 2. The van der Waals surface area contributed by atoms with Crippen molar-refractivity contribution < 1.29 is 19.6 Å². The molecular weight excluding hydrogens is 300 g/mol. The fourth-order valence-electron chi connectivity index (χ4n) is 3.97. The Balaban J connectivity index is 1.88. The number of hydrogen-bond acceptors (Lipinski definition) is 4. The highest BCUT2D eigenvalue weighted by Gasteiger charge is 2.55. The Bertz CT molecular complexity index is 702. The Morgan fingerprint density at radius 3 is 2.74 bits per heavy atom. The van der Waals surface area contributed by atoms with Gasteiger partial charge in [0, 0.05) is 30.8 Å². The fraction of sp³-hybridized carbons (Fsp3) is 0.500. The van der Waals surface area contributed by atoms with Crippen LogP contribution in [0.3, 0.4) is 0 Å². The lowest BCUT2D eigenvalue weighted by atomic mass is 9.81. The highest BCUT2D eigenvalue weighted by molar-refractivity contribution is 5.96. The van der Waals surface area contributed by atoms with Crippen LogP contribution in [0.25, 0.3) is 0 Å². The molecule has 0 aromatic heterocycles. The van der Waals surface area contributed by atoms with Crippen molar-refractivity contribution in [3.05, 3.63) is 39.4 Å². The van der Waals surface area contributed by atoms with Crippen LogP contribution in [0, 0.1) is 28.4 Å². The molecular formula is C16H18N2O5. The van der Waals surface area contributed by atoms with Crippen LogP contribution in [0.1, 0.15) is 35.2 Å². The van der Waals surface area contributed by atoms with E-state index in [-0.39, 0.29) is 29.6 Å². The number of carbonyl (C=O) groups excluding carboxylic acids is 1. The Labute approximate surface area is 133 Å². The maximum absolute atomic E-state index is 12.7. The van der Waals surface area contributed by atoms with E-state index in [2.05, 4.69) is 0 Å². The Morgan fingerprint density at radius 1 is 1.39 bits per heavy atom. The molecule has 1 aromatic carbocycles. The van der Waals surface area contributed by atoms with E-state index in [1.54, 1.807) is 13.0 Å². The molecule has 7 heteroatoms. The number of nitro benzene ring substituents is 1. The molecule has 3 rings (SSSR count). The van der Waals surface area contributed by atoms with E-state index in [0.29, 0.717) is 18.5 Å². The molecule has 7 nitrogen and oxygen atoms in total. The van der Waals surface area contributed by atoms with Crippen LogP contribution >= 0.6 is 0 Å². The van der Waals surface area contributed by atoms with E-state index in [9.17, 15) is 24.8 Å². The first kappa shape index (κ1) is 15.5. The number of nitrogens with zero attached hydrogens (tertiary/aromatic N) is 2. The monoisotopic (exact) mass is 318 g/mol. The maximum atomic E-state index is 12.7. The van der Waals surface area contributed by atoms with Gasteiger partial charge in [-0.2, -0.15) is 0 Å². The van der Waals surface area contributed by atoms with Gasteiger partial charge in [0.15, 0.2) is 0 Å². The van der Waals surface area contributed by atoms with Crippen molar-refractivity contribution in [1.29, 1.82) is 0 Å². The van der Waals surface area contributed by atoms with Crippen LogP contribution in [0.15, 0.2) is 18.2 Å². The Hall–Kier alpha value is -2.44. The molecule has 0 bridgehead atoms. The van der Waals surface area contributed by atoms with Gasteiger partial charge in [-0.1, -0.05) is 6.42 Å². The molecule has 1 amide bonds. The lowest BCUT2D eigenvalue weighted by molar-refractivity contribution is -0.384. The summed E-state index contributed by atoms with van der Waals surface area (Å²) in [4.78, 5) is 36.3. The molecule has 1 saturated carbocycles. The molecule has 1 N–H and O–H groups in total. The van der Waals surface area contributed by atoms with Gasteiger partial charge in [0.05, 0.1) is 10.3 Å². The predicted octanol–water partition coefficient (Wildman–Crippen LogP) is 2.23. The summed E-state index contributed by atoms with van der Waals surface area (Å²) in [5.74, 6) is -1.19. The number of aliphatic carboxylic acids is 1. The molecule has 23 heavy (non-hydrogen) atoms. The first-order valence-corrected chi connectivity index (χ1v) is 7.62. The average Bonchev–Trinajstić information content (AvgIpc) is 3.03. The van der Waals surface area contributed by atoms with E-state index in [1.165, 1.54) is 17.0 Å². The molecule has 1 saturated heterocycles. The number of benzene rings is 1. The summed E-state index contributed by atoms with van der Waals surface area (Å²) in [5.41, 5.74) is -0.0846. The molecule has 2 fully saturated rings. The number of fused-ring (bicyclic) bond motifs is 1. The Kier molecular flexibility index (Phi) is 3.58. The van der Waals surface area contributed by atoms with E-state index in [4.69, 9.17) is 0 Å². The van der Waals surface area contributed by atoms with Gasteiger partial charge in [-0.25, -0.2) is 0 Å². The molecule has 2 atom stereocenters. The number of carboxylic acid groups (broad SMARTS) is 1. The molecule has 122 valence electrons. The molecule has 1 heterocycles. The normalized spacial score (nSPS) is 26.1. The zero-order valence-electron chi connectivity index (χ0n) is 12.8. The standard InChI is InChI=1S/C16H18N2O5/c1-10-5-11(7-13(6-10)18(22)23)14(19)17-8-12-3-2-4-16(12,9-17)15(20)21/h5-7,12H,2-4,8-9H2,1H3,(H,20,21)/t12-,16+/m0/s1. The summed E-state index contributed by atoms with van der Waals surface area (Å²) in [7, 11) is 0. The van der Waals surface area contributed by atoms with Gasteiger partial charge in [0.2, 0.25) is 0 Å². The number of aryl methyl sites for hydroxylation is 1. The van der Waals surface area contributed by atoms with Crippen LogP contribution in [0.5, 0.6) is 0 Å². The van der Waals surface area contributed by atoms with Gasteiger partial charge in [-0.3, -0.25) is 19.7 Å². The first-order valence-electron chi connectivity index (χ1n) is 7.62. The Morgan fingerprint density at radius 2 is 2.13 bits per heavy atom. The minimum atomic E-state index is -0.842. The molecule has 2 aliphatic rings. The molecule has 1 aromatic rings. The number of likely N-dealkylation sites (tertiary alicyclic amines) is 1. The number of hydrogen-bond donors (Lipinski definition) is 1. The van der Waals surface area contributed by atoms with E-state index >= 15 is 0 Å². The second-order valence-corrected chi connectivity index (χ2v) is 6.55. The van der Waals surface area contributed by atoms with Crippen LogP contribution < -0.4 is 0 Å². The SMILES string of the molecule is Cc1cc(C(=O)N2C[C@@H]3CCC[C@@]3(C(=O)O)C2)cc([N+](=O)[O-])c1. The highest BCUT2D eigenvalue weighted by atomic mass is 16.6. The van der Waals surface area contributed by atoms with Crippen LogP contribution in [-0.2, 0) is 4.79 Å². The van der Waals surface area contributed by atoms with Crippen LogP contribution in [-0.4, -0.2) is 39.9 Å². The topological polar surface area (TPSA) is 101 Å². The number of rotatable bonds is 3. The van der Waals surface area contributed by atoms with Crippen molar-refractivity contribution in [2.45, 2.75) is 26.2 Å². The van der Waals surface area contributed by atoms with Gasteiger partial charge in [-0.15, -0.1) is 0 Å².